The molecule has 0 aliphatic heterocycles. The monoisotopic (exact) mass is 647 g/mol. The molecule has 1 saturated carbocycles. The molecule has 1 amide bonds. The zero-order valence-electron chi connectivity index (χ0n) is 25.5. The van der Waals surface area contributed by atoms with Gasteiger partial charge in [0.1, 0.15) is 11.4 Å². The first-order valence-corrected chi connectivity index (χ1v) is 15.1. The van der Waals surface area contributed by atoms with Gasteiger partial charge in [0, 0.05) is 23.7 Å². The average molecular weight is 649 g/mol. The van der Waals surface area contributed by atoms with Gasteiger partial charge in [-0.05, 0) is 87.5 Å². The number of nitrogens with one attached hydrogen (secondary N) is 1. The molecule has 0 saturated heterocycles. The molecule has 4 N–H and O–H groups in total. The van der Waals surface area contributed by atoms with E-state index < -0.39 is 6.16 Å². The van der Waals surface area contributed by atoms with Crippen LogP contribution in [0.1, 0.15) is 62.0 Å². The average Bonchev–Trinajstić information content (AvgIpc) is 2.99. The van der Waals surface area contributed by atoms with Crippen molar-refractivity contribution in [3.63, 3.8) is 0 Å². The van der Waals surface area contributed by atoms with E-state index >= 15 is 0 Å². The summed E-state index contributed by atoms with van der Waals surface area (Å²) >= 11 is 6.52. The first kappa shape index (κ1) is 36.8. The van der Waals surface area contributed by atoms with Gasteiger partial charge in [0.05, 0.1) is 23.4 Å². The van der Waals surface area contributed by atoms with Crippen molar-refractivity contribution in [3.05, 3.63) is 70.9 Å². The van der Waals surface area contributed by atoms with E-state index in [0.717, 1.165) is 61.2 Å². The number of hydrogen-bond acceptors (Lipinski definition) is 6. The van der Waals surface area contributed by atoms with Crippen molar-refractivity contribution in [1.29, 1.82) is 0 Å². The third-order valence-electron chi connectivity index (χ3n) is 7.57. The van der Waals surface area contributed by atoms with E-state index in [4.69, 9.17) is 36.3 Å². The summed E-state index contributed by atoms with van der Waals surface area (Å²) in [5.74, 6) is 0.415. The Morgan fingerprint density at radius 3 is 2.30 bits per heavy atom. The molecule has 1 fully saturated rings. The Morgan fingerprint density at radius 1 is 1.00 bits per heavy atom. The Morgan fingerprint density at radius 2 is 1.66 bits per heavy atom. The van der Waals surface area contributed by atoms with E-state index in [0.29, 0.717) is 41.6 Å². The highest BCUT2D eigenvalue weighted by Crippen LogP contribution is 2.36. The molecule has 1 aromatic heterocycles. The number of amides is 1. The van der Waals surface area contributed by atoms with Crippen LogP contribution in [0.4, 0.5) is 4.79 Å². The molecule has 1 aliphatic rings. The van der Waals surface area contributed by atoms with E-state index in [9.17, 15) is 9.90 Å². The SMILES string of the molecule is CCN(CC)CCCOc1cc(-c2nc(C(=O)NC3CCC(O)CC3)ccc2-c2ccccc2C)ccc1Cl.Cl.O=C(O)O. The second kappa shape index (κ2) is 18.4. The number of nitrogens with zero attached hydrogens (tertiary/aromatic N) is 2. The summed E-state index contributed by atoms with van der Waals surface area (Å²) in [5.41, 5.74) is 5.04. The molecule has 240 valence electrons. The number of carboxylic acid groups (broad SMARTS) is 2. The lowest BCUT2D eigenvalue weighted by Crippen LogP contribution is -2.38. The minimum Gasteiger partial charge on any atom is -0.492 e. The maximum absolute atomic E-state index is 13.2. The van der Waals surface area contributed by atoms with Gasteiger partial charge in [-0.3, -0.25) is 4.79 Å². The topological polar surface area (TPSA) is 132 Å². The van der Waals surface area contributed by atoms with Crippen LogP contribution in [0, 0.1) is 6.92 Å². The van der Waals surface area contributed by atoms with E-state index in [1.165, 1.54) is 0 Å². The molecule has 3 aromatic rings. The van der Waals surface area contributed by atoms with Gasteiger partial charge in [0.2, 0.25) is 0 Å². The molecule has 0 bridgehead atoms. The molecule has 4 rings (SSSR count). The largest absolute Gasteiger partial charge is 0.503 e. The number of aliphatic hydroxyl groups excluding tert-OH is 1. The van der Waals surface area contributed by atoms with Crippen LogP contribution in [0.25, 0.3) is 22.4 Å². The number of hydrogen-bond donors (Lipinski definition) is 4. The quantitative estimate of drug-likeness (QED) is 0.161. The predicted octanol–water partition coefficient (Wildman–Crippen LogP) is 7.17. The van der Waals surface area contributed by atoms with Crippen molar-refractivity contribution < 1.29 is 29.6 Å². The third kappa shape index (κ3) is 11.0. The molecule has 2 aromatic carbocycles. The summed E-state index contributed by atoms with van der Waals surface area (Å²) in [7, 11) is 0. The van der Waals surface area contributed by atoms with E-state index in [-0.39, 0.29) is 30.5 Å². The number of pyridine rings is 1. The number of carbonyl (C=O) groups excluding carboxylic acids is 1. The number of rotatable bonds is 11. The zero-order chi connectivity index (χ0) is 31.4. The molecule has 0 atom stereocenters. The van der Waals surface area contributed by atoms with Gasteiger partial charge in [-0.2, -0.15) is 0 Å². The lowest BCUT2D eigenvalue weighted by atomic mass is 9.93. The lowest BCUT2D eigenvalue weighted by molar-refractivity contribution is 0.0863. The zero-order valence-corrected chi connectivity index (χ0v) is 27.0. The van der Waals surface area contributed by atoms with Crippen LogP contribution >= 0.6 is 24.0 Å². The first-order chi connectivity index (χ1) is 20.6. The summed E-state index contributed by atoms with van der Waals surface area (Å²) in [6.45, 7) is 9.98. The number of aliphatic hydroxyl groups is 1. The fourth-order valence-electron chi connectivity index (χ4n) is 5.15. The van der Waals surface area contributed by atoms with Gasteiger partial charge in [-0.25, -0.2) is 9.78 Å². The number of carbonyl (C=O) groups is 2. The maximum Gasteiger partial charge on any atom is 0.503 e. The van der Waals surface area contributed by atoms with Crippen molar-refractivity contribution >= 4 is 36.1 Å². The van der Waals surface area contributed by atoms with Gasteiger partial charge >= 0.3 is 6.16 Å². The third-order valence-corrected chi connectivity index (χ3v) is 7.88. The highest BCUT2D eigenvalue weighted by molar-refractivity contribution is 6.32. The minimum atomic E-state index is -1.83. The first-order valence-electron chi connectivity index (χ1n) is 14.8. The van der Waals surface area contributed by atoms with Gasteiger partial charge in [0.15, 0.2) is 0 Å². The van der Waals surface area contributed by atoms with Gasteiger partial charge in [-0.1, -0.05) is 55.8 Å². The number of aromatic nitrogens is 1. The minimum absolute atomic E-state index is 0. The second-order valence-corrected chi connectivity index (χ2v) is 11.0. The number of halogens is 2. The highest BCUT2D eigenvalue weighted by atomic mass is 35.5. The standard InChI is InChI=1S/C32H40ClN3O3.CH2O3.ClH/c1-4-36(5-2)19-8-20-39-30-21-23(11-17-28(30)33)31-27(26-10-7-6-9-22(26)3)16-18-29(35-31)32(38)34-24-12-14-25(37)15-13-24;2-1(3)4;/h6-7,9-11,16-18,21,24-25,37H,4-5,8,12-15,19-20H2,1-3H3,(H,34,38);(H2,2,3,4);1H. The molecule has 11 heteroatoms. The fraction of sp³-hybridized carbons (Fsp3) is 0.424. The Kier molecular flexibility index (Phi) is 15.4. The molecule has 9 nitrogen and oxygen atoms in total. The van der Waals surface area contributed by atoms with Crippen LogP contribution in [0.5, 0.6) is 5.75 Å². The molecule has 44 heavy (non-hydrogen) atoms. The summed E-state index contributed by atoms with van der Waals surface area (Å²) in [4.78, 5) is 29.0. The van der Waals surface area contributed by atoms with E-state index in [1.807, 2.05) is 36.4 Å². The summed E-state index contributed by atoms with van der Waals surface area (Å²) in [6.07, 6.45) is 1.76. The van der Waals surface area contributed by atoms with E-state index in [1.54, 1.807) is 6.07 Å². The lowest BCUT2D eigenvalue weighted by Gasteiger charge is -2.26. The molecule has 0 spiro atoms. The summed E-state index contributed by atoms with van der Waals surface area (Å²) < 4.78 is 6.11. The van der Waals surface area contributed by atoms with Crippen LogP contribution in [0.15, 0.2) is 54.6 Å². The summed E-state index contributed by atoms with van der Waals surface area (Å²) in [6, 6.07) is 17.7. The molecule has 0 radical (unpaired) electrons. The van der Waals surface area contributed by atoms with E-state index in [2.05, 4.69) is 43.1 Å². The molecule has 1 aliphatic carbocycles. The smallest absolute Gasteiger partial charge is 0.492 e. The van der Waals surface area contributed by atoms with Crippen LogP contribution in [0.3, 0.4) is 0 Å². The van der Waals surface area contributed by atoms with Crippen molar-refractivity contribution in [2.45, 2.75) is 65.0 Å². The fourth-order valence-corrected chi connectivity index (χ4v) is 5.32. The number of benzene rings is 2. The predicted molar refractivity (Wildman–Crippen MR) is 176 cm³/mol. The van der Waals surface area contributed by atoms with Gasteiger partial charge in [0.25, 0.3) is 5.91 Å². The van der Waals surface area contributed by atoms with Crippen molar-refractivity contribution in [2.75, 3.05) is 26.2 Å². The molecular weight excluding hydrogens is 605 g/mol. The Labute approximate surface area is 270 Å². The van der Waals surface area contributed by atoms with Crippen LogP contribution in [0.2, 0.25) is 5.02 Å². The Bertz CT molecular complexity index is 1360. The normalized spacial score (nSPS) is 15.9. The second-order valence-electron chi connectivity index (χ2n) is 10.5. The van der Waals surface area contributed by atoms with Crippen LogP contribution < -0.4 is 10.1 Å². The molecule has 0 unspecified atom stereocenters. The number of ether oxygens (including phenoxy) is 1. The van der Waals surface area contributed by atoms with Crippen molar-refractivity contribution in [2.24, 2.45) is 0 Å². The van der Waals surface area contributed by atoms with Gasteiger partial charge < -0.3 is 30.3 Å². The molecule has 1 heterocycles. The number of aryl methyl sites for hydroxylation is 1. The Balaban J connectivity index is 0.00000127. The van der Waals surface area contributed by atoms with Crippen LogP contribution in [-0.4, -0.2) is 75.7 Å². The molecular formula is C33H43Cl2N3O6. The summed E-state index contributed by atoms with van der Waals surface area (Å²) in [5, 5.41) is 27.4. The van der Waals surface area contributed by atoms with Crippen LogP contribution in [-0.2, 0) is 0 Å². The van der Waals surface area contributed by atoms with Crippen molar-refractivity contribution in [1.82, 2.24) is 15.2 Å². The highest BCUT2D eigenvalue weighted by Gasteiger charge is 2.23. The Hall–Kier alpha value is -3.37. The van der Waals surface area contributed by atoms with Crippen molar-refractivity contribution in [3.8, 4) is 28.1 Å². The van der Waals surface area contributed by atoms with Gasteiger partial charge in [-0.15, -0.1) is 12.4 Å². The maximum atomic E-state index is 13.2.